The minimum Gasteiger partial charge on any atom is -0.357 e. The van der Waals surface area contributed by atoms with Crippen LogP contribution in [0.4, 0.5) is 0 Å². The van der Waals surface area contributed by atoms with Gasteiger partial charge in [-0.3, -0.25) is 14.6 Å². The lowest BCUT2D eigenvalue weighted by Gasteiger charge is -2.19. The van der Waals surface area contributed by atoms with Gasteiger partial charge in [0, 0.05) is 18.9 Å². The fourth-order valence-corrected chi connectivity index (χ4v) is 1.72. The second-order valence-corrected chi connectivity index (χ2v) is 4.96. The van der Waals surface area contributed by atoms with E-state index in [-0.39, 0.29) is 11.8 Å². The molecule has 2 amide bonds. The Labute approximate surface area is 113 Å². The Kier molecular flexibility index (Phi) is 5.48. The summed E-state index contributed by atoms with van der Waals surface area (Å²) in [6.45, 7) is 5.87. The summed E-state index contributed by atoms with van der Waals surface area (Å²) in [4.78, 5) is 27.8. The van der Waals surface area contributed by atoms with Gasteiger partial charge in [0.1, 0.15) is 6.04 Å². The maximum Gasteiger partial charge on any atom is 0.253 e. The summed E-state index contributed by atoms with van der Waals surface area (Å²) in [6, 6.07) is 2.96. The van der Waals surface area contributed by atoms with E-state index in [9.17, 15) is 9.59 Å². The quantitative estimate of drug-likeness (QED) is 0.840. The van der Waals surface area contributed by atoms with Gasteiger partial charge in [-0.05, 0) is 31.4 Å². The number of aryl methyl sites for hydroxylation is 1. The number of hydrogen-bond acceptors (Lipinski definition) is 3. The topological polar surface area (TPSA) is 71.1 Å². The van der Waals surface area contributed by atoms with Gasteiger partial charge < -0.3 is 10.6 Å². The minimum atomic E-state index is -0.515. The van der Waals surface area contributed by atoms with Crippen molar-refractivity contribution in [3.8, 4) is 0 Å². The van der Waals surface area contributed by atoms with Crippen molar-refractivity contribution < 1.29 is 9.59 Å². The Morgan fingerprint density at radius 1 is 1.32 bits per heavy atom. The second-order valence-electron chi connectivity index (χ2n) is 4.96. The van der Waals surface area contributed by atoms with Crippen LogP contribution in [0.5, 0.6) is 0 Å². The van der Waals surface area contributed by atoms with Crippen molar-refractivity contribution in [3.63, 3.8) is 0 Å². The molecule has 0 saturated heterocycles. The monoisotopic (exact) mass is 263 g/mol. The van der Waals surface area contributed by atoms with Crippen LogP contribution < -0.4 is 10.6 Å². The van der Waals surface area contributed by atoms with E-state index in [2.05, 4.69) is 15.6 Å². The average Bonchev–Trinajstić information content (AvgIpc) is 2.37. The van der Waals surface area contributed by atoms with E-state index in [4.69, 9.17) is 0 Å². The molecule has 0 aliphatic heterocycles. The van der Waals surface area contributed by atoms with E-state index in [1.807, 2.05) is 20.8 Å². The van der Waals surface area contributed by atoms with E-state index in [1.54, 1.807) is 19.2 Å². The number of hydrogen-bond donors (Lipinski definition) is 2. The van der Waals surface area contributed by atoms with Gasteiger partial charge in [-0.2, -0.15) is 0 Å². The average molecular weight is 263 g/mol. The van der Waals surface area contributed by atoms with Gasteiger partial charge in [0.2, 0.25) is 5.91 Å². The first kappa shape index (κ1) is 15.1. The SMILES string of the molecule is CNC(=O)[C@@H](CC(C)C)NC(=O)c1ccc(C)nc1. The maximum absolute atomic E-state index is 12.0. The third-order valence-corrected chi connectivity index (χ3v) is 2.75. The standard InChI is InChI=1S/C14H21N3O2/c1-9(2)7-12(14(19)15-4)17-13(18)11-6-5-10(3)16-8-11/h5-6,8-9,12H,7H2,1-4H3,(H,15,19)(H,17,18)/t12-/m1/s1. The van der Waals surface area contributed by atoms with E-state index >= 15 is 0 Å². The van der Waals surface area contributed by atoms with Crippen LogP contribution in [0.1, 0.15) is 36.3 Å². The lowest BCUT2D eigenvalue weighted by Crippen LogP contribution is -2.46. The van der Waals surface area contributed by atoms with Gasteiger partial charge in [0.05, 0.1) is 5.56 Å². The third-order valence-electron chi connectivity index (χ3n) is 2.75. The van der Waals surface area contributed by atoms with Gasteiger partial charge >= 0.3 is 0 Å². The molecule has 0 aliphatic rings. The number of nitrogens with one attached hydrogen (secondary N) is 2. The highest BCUT2D eigenvalue weighted by atomic mass is 16.2. The normalized spacial score (nSPS) is 12.1. The maximum atomic E-state index is 12.0. The summed E-state index contributed by atoms with van der Waals surface area (Å²) >= 11 is 0. The number of rotatable bonds is 5. The molecule has 5 nitrogen and oxygen atoms in total. The van der Waals surface area contributed by atoms with Crippen LogP contribution >= 0.6 is 0 Å². The molecule has 5 heteroatoms. The molecular formula is C14H21N3O2. The Morgan fingerprint density at radius 2 is 2.00 bits per heavy atom. The number of amides is 2. The van der Waals surface area contributed by atoms with Gasteiger partial charge in [-0.1, -0.05) is 13.8 Å². The molecular weight excluding hydrogens is 242 g/mol. The molecule has 1 heterocycles. The summed E-state index contributed by atoms with van der Waals surface area (Å²) in [5.41, 5.74) is 1.31. The highest BCUT2D eigenvalue weighted by Crippen LogP contribution is 2.07. The molecule has 104 valence electrons. The molecule has 0 fully saturated rings. The first-order chi connectivity index (χ1) is 8.93. The van der Waals surface area contributed by atoms with Gasteiger partial charge in [0.15, 0.2) is 0 Å². The number of likely N-dealkylation sites (N-methyl/N-ethyl adjacent to an activating group) is 1. The summed E-state index contributed by atoms with van der Waals surface area (Å²) in [6.07, 6.45) is 2.12. The molecule has 19 heavy (non-hydrogen) atoms. The molecule has 0 bridgehead atoms. The first-order valence-electron chi connectivity index (χ1n) is 6.39. The van der Waals surface area contributed by atoms with Crippen molar-refractivity contribution in [1.29, 1.82) is 0 Å². The van der Waals surface area contributed by atoms with Crippen molar-refractivity contribution in [2.45, 2.75) is 33.2 Å². The van der Waals surface area contributed by atoms with Crippen molar-refractivity contribution in [2.24, 2.45) is 5.92 Å². The fourth-order valence-electron chi connectivity index (χ4n) is 1.72. The molecule has 0 aliphatic carbocycles. The molecule has 0 radical (unpaired) electrons. The van der Waals surface area contributed by atoms with Gasteiger partial charge in [-0.25, -0.2) is 0 Å². The van der Waals surface area contributed by atoms with Crippen LogP contribution in [0, 0.1) is 12.8 Å². The molecule has 1 aromatic heterocycles. The number of carbonyl (C=O) groups is 2. The fraction of sp³-hybridized carbons (Fsp3) is 0.500. The van der Waals surface area contributed by atoms with Crippen LogP contribution in [0.25, 0.3) is 0 Å². The Morgan fingerprint density at radius 3 is 2.47 bits per heavy atom. The van der Waals surface area contributed by atoms with Crippen molar-refractivity contribution in [2.75, 3.05) is 7.05 Å². The predicted molar refractivity (Wildman–Crippen MR) is 73.7 cm³/mol. The van der Waals surface area contributed by atoms with Crippen molar-refractivity contribution in [1.82, 2.24) is 15.6 Å². The van der Waals surface area contributed by atoms with Gasteiger partial charge in [-0.15, -0.1) is 0 Å². The number of carbonyl (C=O) groups excluding carboxylic acids is 2. The molecule has 0 unspecified atom stereocenters. The van der Waals surface area contributed by atoms with E-state index < -0.39 is 6.04 Å². The van der Waals surface area contributed by atoms with Crippen LogP contribution in [0.3, 0.4) is 0 Å². The molecule has 0 aromatic carbocycles. The summed E-state index contributed by atoms with van der Waals surface area (Å²) in [5.74, 6) is -0.136. The highest BCUT2D eigenvalue weighted by molar-refractivity contribution is 5.97. The Bertz CT molecular complexity index is 441. The first-order valence-corrected chi connectivity index (χ1v) is 6.39. The Hall–Kier alpha value is -1.91. The van der Waals surface area contributed by atoms with E-state index in [0.717, 1.165) is 5.69 Å². The minimum absolute atomic E-state index is 0.179. The van der Waals surface area contributed by atoms with E-state index in [1.165, 1.54) is 6.20 Å². The number of aromatic nitrogens is 1. The van der Waals surface area contributed by atoms with Crippen molar-refractivity contribution >= 4 is 11.8 Å². The zero-order valence-electron chi connectivity index (χ0n) is 11.9. The third kappa shape index (κ3) is 4.69. The lowest BCUT2D eigenvalue weighted by atomic mass is 10.0. The van der Waals surface area contributed by atoms with E-state index in [0.29, 0.717) is 17.9 Å². The zero-order valence-corrected chi connectivity index (χ0v) is 11.9. The molecule has 0 saturated carbocycles. The largest absolute Gasteiger partial charge is 0.357 e. The smallest absolute Gasteiger partial charge is 0.253 e. The van der Waals surface area contributed by atoms with Crippen LogP contribution in [-0.2, 0) is 4.79 Å². The van der Waals surface area contributed by atoms with Gasteiger partial charge in [0.25, 0.3) is 5.91 Å². The highest BCUT2D eigenvalue weighted by Gasteiger charge is 2.21. The molecule has 2 N–H and O–H groups in total. The second kappa shape index (κ2) is 6.87. The van der Waals surface area contributed by atoms with Crippen LogP contribution in [-0.4, -0.2) is 29.9 Å². The summed E-state index contributed by atoms with van der Waals surface area (Å²) in [7, 11) is 1.56. The lowest BCUT2D eigenvalue weighted by molar-refractivity contribution is -0.122. The summed E-state index contributed by atoms with van der Waals surface area (Å²) in [5, 5.41) is 5.31. The number of pyridine rings is 1. The summed E-state index contributed by atoms with van der Waals surface area (Å²) < 4.78 is 0. The van der Waals surface area contributed by atoms with Crippen molar-refractivity contribution in [3.05, 3.63) is 29.6 Å². The number of nitrogens with zero attached hydrogens (tertiary/aromatic N) is 1. The Balaban J connectivity index is 2.75. The van der Waals surface area contributed by atoms with Crippen LogP contribution in [0.15, 0.2) is 18.3 Å². The van der Waals surface area contributed by atoms with Crippen LogP contribution in [0.2, 0.25) is 0 Å². The molecule has 1 rings (SSSR count). The predicted octanol–water partition coefficient (Wildman–Crippen LogP) is 1.28. The molecule has 0 spiro atoms. The molecule has 1 atom stereocenters. The zero-order chi connectivity index (χ0) is 14.4. The molecule has 1 aromatic rings.